The first kappa shape index (κ1) is 14.5. The normalized spacial score (nSPS) is 10.6. The van der Waals surface area contributed by atoms with E-state index < -0.39 is 4.92 Å². The summed E-state index contributed by atoms with van der Waals surface area (Å²) in [4.78, 5) is 10.3. The maximum Gasteiger partial charge on any atom is 0.273 e. The van der Waals surface area contributed by atoms with Crippen molar-refractivity contribution >= 4 is 21.6 Å². The van der Waals surface area contributed by atoms with Gasteiger partial charge in [-0.3, -0.25) is 14.8 Å². The number of ether oxygens (including phenoxy) is 1. The second-order valence-electron chi connectivity index (χ2n) is 4.25. The molecular weight excluding hydrogens is 326 g/mol. The van der Waals surface area contributed by atoms with Crippen molar-refractivity contribution in [3.05, 3.63) is 50.2 Å². The molecule has 0 saturated heterocycles. The van der Waals surface area contributed by atoms with E-state index in [-0.39, 0.29) is 5.69 Å². The number of aryl methyl sites for hydroxylation is 2. The molecule has 1 heterocycles. The van der Waals surface area contributed by atoms with E-state index >= 15 is 0 Å². The minimum atomic E-state index is -0.445. The second-order valence-corrected chi connectivity index (χ2v) is 5.11. The summed E-state index contributed by atoms with van der Waals surface area (Å²) in [6, 6.07) is 6.38. The molecule has 0 atom stereocenters. The van der Waals surface area contributed by atoms with Gasteiger partial charge in [-0.05, 0) is 41.9 Å². The first-order valence-corrected chi connectivity index (χ1v) is 6.90. The number of rotatable bonds is 5. The maximum atomic E-state index is 10.8. The van der Waals surface area contributed by atoms with E-state index in [4.69, 9.17) is 4.74 Å². The Morgan fingerprint density at radius 2 is 2.20 bits per heavy atom. The molecule has 0 aliphatic heterocycles. The third kappa shape index (κ3) is 3.16. The van der Waals surface area contributed by atoms with Crippen LogP contribution in [0.2, 0.25) is 0 Å². The van der Waals surface area contributed by atoms with Crippen molar-refractivity contribution in [3.8, 4) is 5.75 Å². The summed E-state index contributed by atoms with van der Waals surface area (Å²) in [6.45, 7) is 4.98. The minimum absolute atomic E-state index is 0.00313. The molecule has 0 amide bonds. The number of benzene rings is 1. The molecule has 7 heteroatoms. The molecule has 6 nitrogen and oxygen atoms in total. The Morgan fingerprint density at radius 1 is 1.45 bits per heavy atom. The molecule has 0 N–H and O–H groups in total. The van der Waals surface area contributed by atoms with Crippen LogP contribution in [0.4, 0.5) is 5.69 Å². The van der Waals surface area contributed by atoms with E-state index in [1.807, 2.05) is 24.6 Å². The third-order valence-electron chi connectivity index (χ3n) is 2.79. The van der Waals surface area contributed by atoms with Gasteiger partial charge in [-0.1, -0.05) is 0 Å². The summed E-state index contributed by atoms with van der Waals surface area (Å²) in [6.07, 6.45) is 0. The van der Waals surface area contributed by atoms with E-state index in [0.29, 0.717) is 16.8 Å². The molecule has 0 radical (unpaired) electrons. The number of aromatic nitrogens is 2. The standard InChI is InChI=1S/C13H14BrN3O3/c1-3-16-11(6-9(2)15-16)8-20-13-7-10(17(18)19)4-5-12(13)14/h4-7H,3,8H2,1-2H3. The quantitative estimate of drug-likeness (QED) is 0.617. The smallest absolute Gasteiger partial charge is 0.273 e. The Bertz CT molecular complexity index is 640. The van der Waals surface area contributed by atoms with Gasteiger partial charge in [0, 0.05) is 12.6 Å². The van der Waals surface area contributed by atoms with Crippen LogP contribution in [0, 0.1) is 17.0 Å². The molecule has 0 spiro atoms. The van der Waals surface area contributed by atoms with Crippen molar-refractivity contribution in [2.24, 2.45) is 0 Å². The molecule has 2 aromatic rings. The number of halogens is 1. The van der Waals surface area contributed by atoms with Crippen molar-refractivity contribution in [2.75, 3.05) is 0 Å². The Kier molecular flexibility index (Phi) is 4.39. The predicted molar refractivity (Wildman–Crippen MR) is 77.8 cm³/mol. The zero-order valence-electron chi connectivity index (χ0n) is 11.2. The molecule has 20 heavy (non-hydrogen) atoms. The lowest BCUT2D eigenvalue weighted by molar-refractivity contribution is -0.385. The summed E-state index contributed by atoms with van der Waals surface area (Å²) in [5, 5.41) is 15.1. The lowest BCUT2D eigenvalue weighted by atomic mass is 10.3. The lowest BCUT2D eigenvalue weighted by Gasteiger charge is -2.09. The van der Waals surface area contributed by atoms with Gasteiger partial charge in [0.1, 0.15) is 12.4 Å². The minimum Gasteiger partial charge on any atom is -0.486 e. The Balaban J connectivity index is 2.18. The number of nitro benzene ring substituents is 1. The molecule has 0 bridgehead atoms. The van der Waals surface area contributed by atoms with Gasteiger partial charge in [0.15, 0.2) is 0 Å². The zero-order chi connectivity index (χ0) is 14.7. The molecule has 1 aromatic heterocycles. The van der Waals surface area contributed by atoms with Crippen molar-refractivity contribution in [2.45, 2.75) is 27.0 Å². The lowest BCUT2D eigenvalue weighted by Crippen LogP contribution is -2.06. The van der Waals surface area contributed by atoms with Crippen LogP contribution in [0.25, 0.3) is 0 Å². The average molecular weight is 340 g/mol. The van der Waals surface area contributed by atoms with Crippen LogP contribution in [0.15, 0.2) is 28.7 Å². The first-order valence-electron chi connectivity index (χ1n) is 6.11. The Hall–Kier alpha value is -1.89. The topological polar surface area (TPSA) is 70.2 Å². The molecular formula is C13H14BrN3O3. The van der Waals surface area contributed by atoms with Gasteiger partial charge in [-0.25, -0.2) is 0 Å². The van der Waals surface area contributed by atoms with E-state index in [1.54, 1.807) is 6.07 Å². The van der Waals surface area contributed by atoms with E-state index in [1.165, 1.54) is 12.1 Å². The predicted octanol–water partition coefficient (Wildman–Crippen LogP) is 3.46. The maximum absolute atomic E-state index is 10.8. The molecule has 106 valence electrons. The zero-order valence-corrected chi connectivity index (χ0v) is 12.8. The largest absolute Gasteiger partial charge is 0.486 e. The number of non-ortho nitro benzene ring substituents is 1. The monoisotopic (exact) mass is 339 g/mol. The molecule has 0 unspecified atom stereocenters. The molecule has 1 aromatic carbocycles. The molecule has 0 aliphatic rings. The third-order valence-corrected chi connectivity index (χ3v) is 3.44. The van der Waals surface area contributed by atoms with Gasteiger partial charge in [-0.2, -0.15) is 5.10 Å². The summed E-state index contributed by atoms with van der Waals surface area (Å²) < 4.78 is 8.19. The number of hydrogen-bond donors (Lipinski definition) is 0. The van der Waals surface area contributed by atoms with Crippen molar-refractivity contribution < 1.29 is 9.66 Å². The highest BCUT2D eigenvalue weighted by Gasteiger charge is 2.12. The molecule has 2 rings (SSSR count). The van der Waals surface area contributed by atoms with E-state index in [2.05, 4.69) is 21.0 Å². The van der Waals surface area contributed by atoms with Crippen LogP contribution >= 0.6 is 15.9 Å². The van der Waals surface area contributed by atoms with E-state index in [0.717, 1.165) is 17.9 Å². The SMILES string of the molecule is CCn1nc(C)cc1COc1cc([N+](=O)[O-])ccc1Br. The molecule has 0 saturated carbocycles. The van der Waals surface area contributed by atoms with Crippen LogP contribution in [0.5, 0.6) is 5.75 Å². The van der Waals surface area contributed by atoms with Gasteiger partial charge in [0.25, 0.3) is 5.69 Å². The van der Waals surface area contributed by atoms with E-state index in [9.17, 15) is 10.1 Å². The number of nitro groups is 1. The van der Waals surface area contributed by atoms with Crippen LogP contribution in [0.3, 0.4) is 0 Å². The average Bonchev–Trinajstić information content (AvgIpc) is 2.77. The number of hydrogen-bond acceptors (Lipinski definition) is 4. The molecule has 0 fully saturated rings. The van der Waals surface area contributed by atoms with Gasteiger partial charge < -0.3 is 4.74 Å². The highest BCUT2D eigenvalue weighted by atomic mass is 79.9. The highest BCUT2D eigenvalue weighted by Crippen LogP contribution is 2.29. The summed E-state index contributed by atoms with van der Waals surface area (Å²) in [5.74, 6) is 0.445. The van der Waals surface area contributed by atoms with Gasteiger partial charge in [0.05, 0.1) is 26.9 Å². The van der Waals surface area contributed by atoms with Crippen LogP contribution in [-0.2, 0) is 13.2 Å². The van der Waals surface area contributed by atoms with Gasteiger partial charge in [0.2, 0.25) is 0 Å². The first-order chi connectivity index (χ1) is 9.51. The number of nitrogens with zero attached hydrogens (tertiary/aromatic N) is 3. The summed E-state index contributed by atoms with van der Waals surface area (Å²) in [7, 11) is 0. The van der Waals surface area contributed by atoms with Crippen LogP contribution in [-0.4, -0.2) is 14.7 Å². The highest BCUT2D eigenvalue weighted by molar-refractivity contribution is 9.10. The van der Waals surface area contributed by atoms with Crippen LogP contribution < -0.4 is 4.74 Å². The summed E-state index contributed by atoms with van der Waals surface area (Å²) >= 11 is 3.32. The van der Waals surface area contributed by atoms with Crippen molar-refractivity contribution in [1.82, 2.24) is 9.78 Å². The Labute approximate surface area is 124 Å². The fraction of sp³-hybridized carbons (Fsp3) is 0.308. The van der Waals surface area contributed by atoms with Gasteiger partial charge in [-0.15, -0.1) is 0 Å². The van der Waals surface area contributed by atoms with Crippen molar-refractivity contribution in [1.29, 1.82) is 0 Å². The van der Waals surface area contributed by atoms with Crippen LogP contribution in [0.1, 0.15) is 18.3 Å². The fourth-order valence-electron chi connectivity index (χ4n) is 1.86. The fourth-order valence-corrected chi connectivity index (χ4v) is 2.22. The second kappa shape index (κ2) is 6.04. The van der Waals surface area contributed by atoms with Gasteiger partial charge >= 0.3 is 0 Å². The Morgan fingerprint density at radius 3 is 2.85 bits per heavy atom. The van der Waals surface area contributed by atoms with Crippen molar-refractivity contribution in [3.63, 3.8) is 0 Å². The summed E-state index contributed by atoms with van der Waals surface area (Å²) in [5.41, 5.74) is 1.86. The molecule has 0 aliphatic carbocycles.